The molecule has 88 valence electrons. The molecule has 1 aliphatic rings. The number of rotatable bonds is 3. The molecule has 7 heteroatoms. The van der Waals surface area contributed by atoms with Gasteiger partial charge in [-0.25, -0.2) is 4.68 Å². The molecule has 1 aliphatic carbocycles. The van der Waals surface area contributed by atoms with E-state index in [2.05, 4.69) is 15.2 Å². The van der Waals surface area contributed by atoms with E-state index in [1.54, 1.807) is 6.20 Å². The van der Waals surface area contributed by atoms with Crippen molar-refractivity contribution in [1.82, 2.24) is 19.9 Å². The standard InChI is InChI=1S/C10H9IN4O2/c11-7-3-9(16)15(12-4-7)5-8-13-10(14-17-8)6-1-2-6/h3-4,6H,1-2,5H2. The van der Waals surface area contributed by atoms with Crippen molar-refractivity contribution in [2.24, 2.45) is 0 Å². The normalized spacial score (nSPS) is 15.1. The minimum Gasteiger partial charge on any atom is -0.337 e. The van der Waals surface area contributed by atoms with Crippen molar-refractivity contribution in [3.05, 3.63) is 37.9 Å². The number of aromatic nitrogens is 4. The van der Waals surface area contributed by atoms with Crippen molar-refractivity contribution < 1.29 is 4.52 Å². The van der Waals surface area contributed by atoms with E-state index in [1.807, 2.05) is 22.6 Å². The zero-order chi connectivity index (χ0) is 11.8. The molecule has 1 fully saturated rings. The summed E-state index contributed by atoms with van der Waals surface area (Å²) in [6, 6.07) is 1.52. The first-order valence-corrected chi connectivity index (χ1v) is 6.35. The lowest BCUT2D eigenvalue weighted by molar-refractivity contribution is 0.358. The van der Waals surface area contributed by atoms with Gasteiger partial charge in [0.25, 0.3) is 5.56 Å². The van der Waals surface area contributed by atoms with E-state index in [1.165, 1.54) is 10.7 Å². The highest BCUT2D eigenvalue weighted by atomic mass is 127. The predicted octanol–water partition coefficient (Wildman–Crippen LogP) is 1.16. The molecule has 0 spiro atoms. The minimum absolute atomic E-state index is 0.164. The smallest absolute Gasteiger partial charge is 0.268 e. The largest absolute Gasteiger partial charge is 0.337 e. The Morgan fingerprint density at radius 1 is 1.53 bits per heavy atom. The van der Waals surface area contributed by atoms with Crippen molar-refractivity contribution >= 4 is 22.6 Å². The summed E-state index contributed by atoms with van der Waals surface area (Å²) >= 11 is 2.05. The van der Waals surface area contributed by atoms with Gasteiger partial charge in [-0.15, -0.1) is 0 Å². The van der Waals surface area contributed by atoms with Crippen LogP contribution in [0.15, 0.2) is 21.6 Å². The second-order valence-corrected chi connectivity index (χ2v) is 5.24. The van der Waals surface area contributed by atoms with Gasteiger partial charge in [-0.1, -0.05) is 5.16 Å². The van der Waals surface area contributed by atoms with Gasteiger partial charge in [-0.2, -0.15) is 10.1 Å². The first kappa shape index (κ1) is 10.9. The second-order valence-electron chi connectivity index (χ2n) is 3.99. The first-order chi connectivity index (χ1) is 8.22. The van der Waals surface area contributed by atoms with E-state index in [0.29, 0.717) is 11.8 Å². The van der Waals surface area contributed by atoms with Gasteiger partial charge in [0.1, 0.15) is 6.54 Å². The van der Waals surface area contributed by atoms with Crippen molar-refractivity contribution in [3.63, 3.8) is 0 Å². The van der Waals surface area contributed by atoms with E-state index in [4.69, 9.17) is 4.52 Å². The summed E-state index contributed by atoms with van der Waals surface area (Å²) < 4.78 is 7.22. The van der Waals surface area contributed by atoms with Gasteiger partial charge >= 0.3 is 0 Å². The Balaban J connectivity index is 1.83. The van der Waals surface area contributed by atoms with Gasteiger partial charge in [-0.3, -0.25) is 4.79 Å². The summed E-state index contributed by atoms with van der Waals surface area (Å²) in [5, 5.41) is 7.90. The molecule has 0 unspecified atom stereocenters. The van der Waals surface area contributed by atoms with E-state index in [9.17, 15) is 4.79 Å². The molecule has 0 aromatic carbocycles. The fourth-order valence-corrected chi connectivity index (χ4v) is 1.89. The summed E-state index contributed by atoms with van der Waals surface area (Å²) in [5.74, 6) is 1.63. The average molecular weight is 344 g/mol. The lowest BCUT2D eigenvalue weighted by atomic mass is 10.4. The van der Waals surface area contributed by atoms with Crippen LogP contribution in [0.5, 0.6) is 0 Å². The number of nitrogens with zero attached hydrogens (tertiary/aromatic N) is 4. The Morgan fingerprint density at radius 2 is 2.35 bits per heavy atom. The van der Waals surface area contributed by atoms with Crippen LogP contribution in [0.25, 0.3) is 0 Å². The van der Waals surface area contributed by atoms with Crippen LogP contribution in [0.2, 0.25) is 0 Å². The maximum atomic E-state index is 11.6. The van der Waals surface area contributed by atoms with Crippen LogP contribution >= 0.6 is 22.6 Å². The number of hydrogen-bond acceptors (Lipinski definition) is 5. The lowest BCUT2D eigenvalue weighted by Crippen LogP contribution is -2.22. The molecule has 0 aliphatic heterocycles. The van der Waals surface area contributed by atoms with Gasteiger partial charge in [0.15, 0.2) is 5.82 Å². The molecule has 0 bridgehead atoms. The highest BCUT2D eigenvalue weighted by Crippen LogP contribution is 2.38. The van der Waals surface area contributed by atoms with Crippen LogP contribution in [-0.2, 0) is 6.54 Å². The molecular weight excluding hydrogens is 335 g/mol. The molecular formula is C10H9IN4O2. The Bertz CT molecular complexity index is 602. The Kier molecular flexibility index (Phi) is 2.69. The molecule has 0 atom stereocenters. The van der Waals surface area contributed by atoms with E-state index in [-0.39, 0.29) is 12.1 Å². The van der Waals surface area contributed by atoms with E-state index < -0.39 is 0 Å². The van der Waals surface area contributed by atoms with Crippen molar-refractivity contribution in [1.29, 1.82) is 0 Å². The second kappa shape index (κ2) is 4.21. The van der Waals surface area contributed by atoms with Gasteiger partial charge in [0.05, 0.1) is 6.20 Å². The van der Waals surface area contributed by atoms with Gasteiger partial charge < -0.3 is 4.52 Å². The molecule has 17 heavy (non-hydrogen) atoms. The SMILES string of the molecule is O=c1cc(I)cnn1Cc1nc(C2CC2)no1. The summed E-state index contributed by atoms with van der Waals surface area (Å²) in [5.41, 5.74) is -0.164. The third kappa shape index (κ3) is 2.38. The Labute approximate surface area is 110 Å². The van der Waals surface area contributed by atoms with Crippen LogP contribution in [0.4, 0.5) is 0 Å². The predicted molar refractivity (Wildman–Crippen MR) is 66.6 cm³/mol. The monoisotopic (exact) mass is 344 g/mol. The van der Waals surface area contributed by atoms with Crippen LogP contribution < -0.4 is 5.56 Å². The molecule has 2 heterocycles. The summed E-state index contributed by atoms with van der Waals surface area (Å²) in [6.07, 6.45) is 3.88. The van der Waals surface area contributed by atoms with Crippen LogP contribution in [0, 0.1) is 3.57 Å². The molecule has 1 saturated carbocycles. The summed E-state index contributed by atoms with van der Waals surface area (Å²) in [6.45, 7) is 0.232. The molecule has 3 rings (SSSR count). The fourth-order valence-electron chi connectivity index (χ4n) is 1.50. The van der Waals surface area contributed by atoms with Crippen molar-refractivity contribution in [2.75, 3.05) is 0 Å². The summed E-state index contributed by atoms with van der Waals surface area (Å²) in [7, 11) is 0. The number of halogens is 1. The minimum atomic E-state index is -0.164. The maximum absolute atomic E-state index is 11.6. The summed E-state index contributed by atoms with van der Waals surface area (Å²) in [4.78, 5) is 15.9. The van der Waals surface area contributed by atoms with Crippen LogP contribution in [0.1, 0.15) is 30.5 Å². The average Bonchev–Trinajstić information content (AvgIpc) is 3.04. The quantitative estimate of drug-likeness (QED) is 0.782. The lowest BCUT2D eigenvalue weighted by Gasteiger charge is -1.99. The highest BCUT2D eigenvalue weighted by Gasteiger charge is 2.28. The van der Waals surface area contributed by atoms with Crippen LogP contribution in [-0.4, -0.2) is 19.9 Å². The molecule has 2 aromatic heterocycles. The topological polar surface area (TPSA) is 73.8 Å². The van der Waals surface area contributed by atoms with E-state index in [0.717, 1.165) is 22.2 Å². The molecule has 0 amide bonds. The Morgan fingerprint density at radius 3 is 3.06 bits per heavy atom. The number of hydrogen-bond donors (Lipinski definition) is 0. The Hall–Kier alpha value is -1.25. The zero-order valence-electron chi connectivity index (χ0n) is 8.84. The maximum Gasteiger partial charge on any atom is 0.268 e. The third-order valence-electron chi connectivity index (χ3n) is 2.55. The molecule has 2 aromatic rings. The molecule has 0 radical (unpaired) electrons. The van der Waals surface area contributed by atoms with E-state index >= 15 is 0 Å². The fraction of sp³-hybridized carbons (Fsp3) is 0.400. The van der Waals surface area contributed by atoms with Gasteiger partial charge in [0, 0.05) is 15.6 Å². The molecule has 0 N–H and O–H groups in total. The first-order valence-electron chi connectivity index (χ1n) is 5.27. The molecule has 6 nitrogen and oxygen atoms in total. The highest BCUT2D eigenvalue weighted by molar-refractivity contribution is 14.1. The third-order valence-corrected chi connectivity index (χ3v) is 3.14. The van der Waals surface area contributed by atoms with Crippen molar-refractivity contribution in [2.45, 2.75) is 25.3 Å². The molecule has 0 saturated heterocycles. The van der Waals surface area contributed by atoms with Gasteiger partial charge in [0.2, 0.25) is 5.89 Å². The van der Waals surface area contributed by atoms with Gasteiger partial charge in [-0.05, 0) is 35.4 Å². The zero-order valence-corrected chi connectivity index (χ0v) is 11.0. The van der Waals surface area contributed by atoms with Crippen molar-refractivity contribution in [3.8, 4) is 0 Å². The van der Waals surface area contributed by atoms with Crippen LogP contribution in [0.3, 0.4) is 0 Å².